The minimum atomic E-state index is 0.219. The van der Waals surface area contributed by atoms with Gasteiger partial charge in [0.25, 0.3) is 0 Å². The monoisotopic (exact) mass is 301 g/mol. The number of hydrogen-bond donors (Lipinski definition) is 0. The molecule has 1 aromatic carbocycles. The van der Waals surface area contributed by atoms with E-state index in [0.29, 0.717) is 6.42 Å². The number of carbonyl (C=O) groups is 1. The maximum Gasteiger partial charge on any atom is 0.227 e. The van der Waals surface area contributed by atoms with Crippen LogP contribution >= 0.6 is 11.3 Å². The fourth-order valence-corrected chi connectivity index (χ4v) is 3.74. The van der Waals surface area contributed by atoms with Gasteiger partial charge >= 0.3 is 0 Å². The SMILES string of the molecule is COc1ccc(CC(=O)N2CCCC2c2cccs2)cc1. The van der Waals surface area contributed by atoms with Crippen LogP contribution in [0.25, 0.3) is 0 Å². The highest BCUT2D eigenvalue weighted by Gasteiger charge is 2.30. The molecule has 1 saturated heterocycles. The summed E-state index contributed by atoms with van der Waals surface area (Å²) in [6.45, 7) is 0.873. The Balaban J connectivity index is 1.69. The van der Waals surface area contributed by atoms with Crippen LogP contribution in [-0.4, -0.2) is 24.5 Å². The van der Waals surface area contributed by atoms with Crippen molar-refractivity contribution in [2.24, 2.45) is 0 Å². The fourth-order valence-electron chi connectivity index (χ4n) is 2.86. The van der Waals surface area contributed by atoms with E-state index in [1.54, 1.807) is 18.4 Å². The highest BCUT2D eigenvalue weighted by molar-refractivity contribution is 7.10. The van der Waals surface area contributed by atoms with Crippen LogP contribution in [0.5, 0.6) is 5.75 Å². The average molecular weight is 301 g/mol. The van der Waals surface area contributed by atoms with Crippen molar-refractivity contribution < 1.29 is 9.53 Å². The van der Waals surface area contributed by atoms with E-state index in [1.807, 2.05) is 29.2 Å². The molecule has 2 aromatic rings. The second kappa shape index (κ2) is 6.31. The van der Waals surface area contributed by atoms with E-state index in [4.69, 9.17) is 4.74 Å². The van der Waals surface area contributed by atoms with Gasteiger partial charge in [0.2, 0.25) is 5.91 Å². The first-order valence-electron chi connectivity index (χ1n) is 7.24. The number of amides is 1. The first kappa shape index (κ1) is 14.1. The maximum absolute atomic E-state index is 12.6. The Bertz CT molecular complexity index is 592. The van der Waals surface area contributed by atoms with Crippen LogP contribution < -0.4 is 4.74 Å². The Morgan fingerprint density at radius 2 is 2.14 bits per heavy atom. The van der Waals surface area contributed by atoms with E-state index in [-0.39, 0.29) is 11.9 Å². The summed E-state index contributed by atoms with van der Waals surface area (Å²) in [5.41, 5.74) is 1.04. The van der Waals surface area contributed by atoms with E-state index in [0.717, 1.165) is 30.7 Å². The van der Waals surface area contributed by atoms with Crippen LogP contribution in [0.1, 0.15) is 29.3 Å². The van der Waals surface area contributed by atoms with Gasteiger partial charge in [0.1, 0.15) is 5.75 Å². The molecule has 21 heavy (non-hydrogen) atoms. The molecule has 4 heteroatoms. The van der Waals surface area contributed by atoms with Gasteiger partial charge in [-0.2, -0.15) is 0 Å². The van der Waals surface area contributed by atoms with E-state index >= 15 is 0 Å². The highest BCUT2D eigenvalue weighted by atomic mass is 32.1. The van der Waals surface area contributed by atoms with Crippen molar-refractivity contribution in [1.82, 2.24) is 4.90 Å². The number of carbonyl (C=O) groups excluding carboxylic acids is 1. The van der Waals surface area contributed by atoms with Crippen molar-refractivity contribution in [2.75, 3.05) is 13.7 Å². The van der Waals surface area contributed by atoms with Crippen molar-refractivity contribution in [2.45, 2.75) is 25.3 Å². The zero-order valence-electron chi connectivity index (χ0n) is 12.1. The molecule has 3 nitrogen and oxygen atoms in total. The number of nitrogens with zero attached hydrogens (tertiary/aromatic N) is 1. The van der Waals surface area contributed by atoms with Crippen LogP contribution in [0.15, 0.2) is 41.8 Å². The maximum atomic E-state index is 12.6. The summed E-state index contributed by atoms with van der Waals surface area (Å²) in [6.07, 6.45) is 2.64. The summed E-state index contributed by atoms with van der Waals surface area (Å²) in [5.74, 6) is 1.04. The molecule has 0 N–H and O–H groups in total. The van der Waals surface area contributed by atoms with Crippen LogP contribution in [-0.2, 0) is 11.2 Å². The van der Waals surface area contributed by atoms with Gasteiger partial charge in [0, 0.05) is 11.4 Å². The highest BCUT2D eigenvalue weighted by Crippen LogP contribution is 2.34. The molecule has 1 atom stereocenters. The first-order chi connectivity index (χ1) is 10.3. The minimum absolute atomic E-state index is 0.219. The number of hydrogen-bond acceptors (Lipinski definition) is 3. The molecule has 1 unspecified atom stereocenters. The number of thiophene rings is 1. The predicted molar refractivity (Wildman–Crippen MR) is 84.7 cm³/mol. The first-order valence-corrected chi connectivity index (χ1v) is 8.11. The molecular formula is C17H19NO2S. The van der Waals surface area contributed by atoms with Crippen molar-refractivity contribution in [1.29, 1.82) is 0 Å². The quantitative estimate of drug-likeness (QED) is 0.862. The van der Waals surface area contributed by atoms with Crippen LogP contribution in [0.3, 0.4) is 0 Å². The van der Waals surface area contributed by atoms with Crippen LogP contribution in [0.2, 0.25) is 0 Å². The molecule has 0 aliphatic carbocycles. The standard InChI is InChI=1S/C17H19NO2S/c1-20-14-8-6-13(7-9-14)12-17(19)18-10-2-4-15(18)16-5-3-11-21-16/h3,5-9,11,15H,2,4,10,12H2,1H3. The Hall–Kier alpha value is -1.81. The lowest BCUT2D eigenvalue weighted by Gasteiger charge is -2.24. The molecule has 1 aliphatic rings. The lowest BCUT2D eigenvalue weighted by Crippen LogP contribution is -2.31. The Morgan fingerprint density at radius 3 is 2.81 bits per heavy atom. The number of benzene rings is 1. The zero-order valence-corrected chi connectivity index (χ0v) is 12.9. The lowest BCUT2D eigenvalue weighted by molar-refractivity contribution is -0.131. The molecule has 110 valence electrons. The Labute approximate surface area is 129 Å². The molecule has 0 bridgehead atoms. The average Bonchev–Trinajstić information content (AvgIpc) is 3.18. The molecule has 0 spiro atoms. The number of rotatable bonds is 4. The van der Waals surface area contributed by atoms with Gasteiger partial charge in [-0.15, -0.1) is 11.3 Å². The van der Waals surface area contributed by atoms with Gasteiger partial charge in [-0.25, -0.2) is 0 Å². The summed E-state index contributed by atoms with van der Waals surface area (Å²) >= 11 is 1.74. The number of likely N-dealkylation sites (tertiary alicyclic amines) is 1. The number of ether oxygens (including phenoxy) is 1. The molecule has 0 saturated carbocycles. The Morgan fingerprint density at radius 1 is 1.33 bits per heavy atom. The van der Waals surface area contributed by atoms with Crippen molar-refractivity contribution in [3.05, 3.63) is 52.2 Å². The molecular weight excluding hydrogens is 282 g/mol. The summed E-state index contributed by atoms with van der Waals surface area (Å²) in [6, 6.07) is 12.2. The van der Waals surface area contributed by atoms with Gasteiger partial charge in [-0.05, 0) is 42.0 Å². The van der Waals surface area contributed by atoms with E-state index in [1.165, 1.54) is 4.88 Å². The molecule has 1 aliphatic heterocycles. The van der Waals surface area contributed by atoms with Crippen LogP contribution in [0, 0.1) is 0 Å². The largest absolute Gasteiger partial charge is 0.497 e. The summed E-state index contributed by atoms with van der Waals surface area (Å²) in [4.78, 5) is 15.9. The fraction of sp³-hybridized carbons (Fsp3) is 0.353. The smallest absolute Gasteiger partial charge is 0.227 e. The molecule has 1 amide bonds. The molecule has 1 fully saturated rings. The second-order valence-corrected chi connectivity index (χ2v) is 6.26. The van der Waals surface area contributed by atoms with E-state index in [9.17, 15) is 4.79 Å². The van der Waals surface area contributed by atoms with Gasteiger partial charge in [-0.1, -0.05) is 18.2 Å². The third-order valence-corrected chi connectivity index (χ3v) is 4.93. The van der Waals surface area contributed by atoms with Gasteiger partial charge in [-0.3, -0.25) is 4.79 Å². The van der Waals surface area contributed by atoms with Gasteiger partial charge < -0.3 is 9.64 Å². The zero-order chi connectivity index (χ0) is 14.7. The predicted octanol–water partition coefficient (Wildman–Crippen LogP) is 3.66. The third-order valence-electron chi connectivity index (χ3n) is 3.96. The van der Waals surface area contributed by atoms with Crippen LogP contribution in [0.4, 0.5) is 0 Å². The van der Waals surface area contributed by atoms with Crippen molar-refractivity contribution >= 4 is 17.2 Å². The summed E-state index contributed by atoms with van der Waals surface area (Å²) in [5, 5.41) is 2.08. The summed E-state index contributed by atoms with van der Waals surface area (Å²) < 4.78 is 5.15. The van der Waals surface area contributed by atoms with Crippen molar-refractivity contribution in [3.8, 4) is 5.75 Å². The van der Waals surface area contributed by atoms with Crippen molar-refractivity contribution in [3.63, 3.8) is 0 Å². The second-order valence-electron chi connectivity index (χ2n) is 5.29. The molecule has 3 rings (SSSR count). The minimum Gasteiger partial charge on any atom is -0.497 e. The van der Waals surface area contributed by atoms with Gasteiger partial charge in [0.15, 0.2) is 0 Å². The van der Waals surface area contributed by atoms with E-state index < -0.39 is 0 Å². The summed E-state index contributed by atoms with van der Waals surface area (Å²) in [7, 11) is 1.65. The third kappa shape index (κ3) is 3.10. The lowest BCUT2D eigenvalue weighted by atomic mass is 10.1. The molecule has 1 aromatic heterocycles. The molecule has 0 radical (unpaired) electrons. The normalized spacial score (nSPS) is 18.0. The topological polar surface area (TPSA) is 29.5 Å². The van der Waals surface area contributed by atoms with E-state index in [2.05, 4.69) is 17.5 Å². The Kier molecular flexibility index (Phi) is 4.25. The molecule has 2 heterocycles. The van der Waals surface area contributed by atoms with Gasteiger partial charge in [0.05, 0.1) is 19.6 Å². The number of methoxy groups -OCH3 is 1.